The van der Waals surface area contributed by atoms with Gasteiger partial charge in [-0.15, -0.1) is 11.3 Å². The summed E-state index contributed by atoms with van der Waals surface area (Å²) in [6, 6.07) is 8.83. The van der Waals surface area contributed by atoms with Crippen molar-refractivity contribution >= 4 is 33.3 Å². The molecule has 3 rings (SSSR count). The van der Waals surface area contributed by atoms with Gasteiger partial charge in [0.05, 0.1) is 6.61 Å². The van der Waals surface area contributed by atoms with Crippen LogP contribution in [-0.2, 0) is 32.5 Å². The van der Waals surface area contributed by atoms with Gasteiger partial charge in [0.2, 0.25) is 5.91 Å². The van der Waals surface area contributed by atoms with Gasteiger partial charge in [-0.1, -0.05) is 57.4 Å². The molecule has 0 bridgehead atoms. The maximum Gasteiger partial charge on any atom is 0.328 e. The van der Waals surface area contributed by atoms with Crippen molar-refractivity contribution in [3.63, 3.8) is 0 Å². The molecule has 0 unspecified atom stereocenters. The number of urea groups is 1. The molecule has 1 heterocycles. The first-order valence-corrected chi connectivity index (χ1v) is 16.2. The summed E-state index contributed by atoms with van der Waals surface area (Å²) in [5, 5.41) is 2.48. The Labute approximate surface area is 237 Å². The molecule has 1 aromatic heterocycles. The Balaban J connectivity index is 1.82. The molecule has 2 aromatic rings. The van der Waals surface area contributed by atoms with Gasteiger partial charge in [0.15, 0.2) is 0 Å². The number of rotatable bonds is 13. The van der Waals surface area contributed by atoms with Crippen LogP contribution in [0.25, 0.3) is 11.1 Å². The second-order valence-corrected chi connectivity index (χ2v) is 13.7. The number of ether oxygens (including phenoxy) is 1. The number of methoxy groups -OCH3 is 1. The lowest BCUT2D eigenvalue weighted by molar-refractivity contribution is -0.133. The Bertz CT molecular complexity index is 1190. The minimum Gasteiger partial charge on any atom is -0.383 e. The van der Waals surface area contributed by atoms with Crippen molar-refractivity contribution < 1.29 is 22.7 Å². The Morgan fingerprint density at radius 3 is 2.44 bits per heavy atom. The minimum absolute atomic E-state index is 0.126. The van der Waals surface area contributed by atoms with Crippen LogP contribution >= 0.6 is 11.3 Å². The summed E-state index contributed by atoms with van der Waals surface area (Å²) in [7, 11) is -2.41. The summed E-state index contributed by atoms with van der Waals surface area (Å²) in [6.45, 7) is 7.69. The van der Waals surface area contributed by atoms with Gasteiger partial charge in [-0.05, 0) is 55.2 Å². The molecule has 0 radical (unpaired) electrons. The average molecular weight is 578 g/mol. The van der Waals surface area contributed by atoms with E-state index in [0.717, 1.165) is 35.3 Å². The minimum atomic E-state index is -4.05. The van der Waals surface area contributed by atoms with E-state index in [9.17, 15) is 18.0 Å². The van der Waals surface area contributed by atoms with Crippen molar-refractivity contribution in [3.05, 3.63) is 40.8 Å². The maximum atomic E-state index is 13.2. The van der Waals surface area contributed by atoms with Gasteiger partial charge in [-0.25, -0.2) is 17.9 Å². The SMILES string of the molecule is CCNC(=O)NS(=O)(=O)c1sc(CC(C)C)cc1-c1ccc(CN(CCOC)C(=O)CC2CCCCC2)cc1. The third-order valence-electron chi connectivity index (χ3n) is 6.91. The van der Waals surface area contributed by atoms with Crippen LogP contribution in [0.4, 0.5) is 4.79 Å². The van der Waals surface area contributed by atoms with Crippen molar-refractivity contribution in [2.75, 3.05) is 26.8 Å². The van der Waals surface area contributed by atoms with Gasteiger partial charge in [0.1, 0.15) is 4.21 Å². The van der Waals surface area contributed by atoms with Gasteiger partial charge < -0.3 is 15.0 Å². The molecular formula is C29H43N3O5S2. The molecule has 0 aliphatic heterocycles. The van der Waals surface area contributed by atoms with E-state index in [2.05, 4.69) is 23.9 Å². The summed E-state index contributed by atoms with van der Waals surface area (Å²) < 4.78 is 33.8. The van der Waals surface area contributed by atoms with Crippen LogP contribution in [0.3, 0.4) is 0 Å². The second-order valence-electron chi connectivity index (χ2n) is 10.7. The molecule has 0 saturated heterocycles. The number of carbonyl (C=O) groups excluding carboxylic acids is 2. The molecular weight excluding hydrogens is 534 g/mol. The van der Waals surface area contributed by atoms with Crippen molar-refractivity contribution in [1.82, 2.24) is 14.9 Å². The third kappa shape index (κ3) is 9.32. The summed E-state index contributed by atoms with van der Waals surface area (Å²) in [6.07, 6.45) is 7.24. The Hall–Kier alpha value is -2.43. The number of amides is 3. The fraction of sp³-hybridized carbons (Fsp3) is 0.586. The fourth-order valence-corrected chi connectivity index (χ4v) is 7.84. The highest BCUT2D eigenvalue weighted by Gasteiger charge is 2.26. The van der Waals surface area contributed by atoms with E-state index in [-0.39, 0.29) is 10.1 Å². The molecule has 39 heavy (non-hydrogen) atoms. The Morgan fingerprint density at radius 1 is 1.13 bits per heavy atom. The predicted molar refractivity (Wildman–Crippen MR) is 156 cm³/mol. The largest absolute Gasteiger partial charge is 0.383 e. The molecule has 1 saturated carbocycles. The average Bonchev–Trinajstić information content (AvgIpc) is 3.31. The monoisotopic (exact) mass is 577 g/mol. The quantitative estimate of drug-likeness (QED) is 0.324. The van der Waals surface area contributed by atoms with Crippen LogP contribution in [0.2, 0.25) is 0 Å². The lowest BCUT2D eigenvalue weighted by Crippen LogP contribution is -2.39. The van der Waals surface area contributed by atoms with E-state index in [0.29, 0.717) is 50.1 Å². The second kappa shape index (κ2) is 14.8. The van der Waals surface area contributed by atoms with Crippen LogP contribution in [0.15, 0.2) is 34.5 Å². The molecule has 1 aliphatic carbocycles. The topological polar surface area (TPSA) is 105 Å². The first-order chi connectivity index (χ1) is 18.6. The number of thiophene rings is 1. The summed E-state index contributed by atoms with van der Waals surface area (Å²) in [5.74, 6) is 0.977. The van der Waals surface area contributed by atoms with Crippen molar-refractivity contribution in [1.29, 1.82) is 0 Å². The van der Waals surface area contributed by atoms with E-state index < -0.39 is 16.1 Å². The highest BCUT2D eigenvalue weighted by molar-refractivity contribution is 7.92. The van der Waals surface area contributed by atoms with Crippen molar-refractivity contribution in [3.8, 4) is 11.1 Å². The molecule has 1 aromatic carbocycles. The van der Waals surface area contributed by atoms with Crippen LogP contribution in [0, 0.1) is 11.8 Å². The highest BCUT2D eigenvalue weighted by Crippen LogP contribution is 2.36. The maximum absolute atomic E-state index is 13.2. The zero-order valence-corrected chi connectivity index (χ0v) is 25.3. The van der Waals surface area contributed by atoms with E-state index in [1.807, 2.05) is 35.2 Å². The lowest BCUT2D eigenvalue weighted by atomic mass is 9.86. The molecule has 10 heteroatoms. The van der Waals surface area contributed by atoms with Gasteiger partial charge >= 0.3 is 6.03 Å². The molecule has 8 nitrogen and oxygen atoms in total. The third-order valence-corrected chi connectivity index (χ3v) is 9.93. The summed E-state index contributed by atoms with van der Waals surface area (Å²) >= 11 is 1.20. The zero-order valence-electron chi connectivity index (χ0n) is 23.6. The van der Waals surface area contributed by atoms with Crippen molar-refractivity contribution in [2.45, 2.75) is 76.5 Å². The number of hydrogen-bond acceptors (Lipinski definition) is 6. The predicted octanol–water partition coefficient (Wildman–Crippen LogP) is 5.57. The molecule has 1 aliphatic rings. The number of sulfonamides is 1. The van der Waals surface area contributed by atoms with Crippen LogP contribution in [0.5, 0.6) is 0 Å². The first kappa shape index (κ1) is 31.1. The Kier molecular flexibility index (Phi) is 11.8. The number of nitrogens with zero attached hydrogens (tertiary/aromatic N) is 1. The van der Waals surface area contributed by atoms with Gasteiger partial charge in [0, 0.05) is 43.6 Å². The van der Waals surface area contributed by atoms with Gasteiger partial charge in [0.25, 0.3) is 10.0 Å². The summed E-state index contributed by atoms with van der Waals surface area (Å²) in [4.78, 5) is 28.0. The number of hydrogen-bond donors (Lipinski definition) is 2. The number of benzene rings is 1. The van der Waals surface area contributed by atoms with Gasteiger partial charge in [-0.3, -0.25) is 4.79 Å². The molecule has 1 fully saturated rings. The van der Waals surface area contributed by atoms with E-state index in [1.54, 1.807) is 14.0 Å². The smallest absolute Gasteiger partial charge is 0.328 e. The Morgan fingerprint density at radius 2 is 1.82 bits per heavy atom. The molecule has 216 valence electrons. The van der Waals surface area contributed by atoms with Crippen LogP contribution in [-0.4, -0.2) is 52.1 Å². The fourth-order valence-electron chi connectivity index (χ4n) is 4.96. The van der Waals surface area contributed by atoms with E-state index >= 15 is 0 Å². The van der Waals surface area contributed by atoms with E-state index in [4.69, 9.17) is 4.74 Å². The normalized spacial score (nSPS) is 14.4. The summed E-state index contributed by atoms with van der Waals surface area (Å²) in [5.41, 5.74) is 2.29. The molecule has 2 N–H and O–H groups in total. The molecule has 0 spiro atoms. The molecule has 3 amide bonds. The van der Waals surface area contributed by atoms with Gasteiger partial charge in [-0.2, -0.15) is 0 Å². The molecule has 0 atom stereocenters. The highest BCUT2D eigenvalue weighted by atomic mass is 32.2. The first-order valence-electron chi connectivity index (χ1n) is 13.9. The zero-order chi connectivity index (χ0) is 28.4. The van der Waals surface area contributed by atoms with Crippen molar-refractivity contribution in [2.24, 2.45) is 11.8 Å². The number of carbonyl (C=O) groups is 2. The standard InChI is InChI=1S/C29H43N3O5S2/c1-5-30-29(34)31-39(35,36)28-26(19-25(38-28)17-21(2)3)24-13-11-23(12-14-24)20-32(15-16-37-4)27(33)18-22-9-7-6-8-10-22/h11-14,19,21-22H,5-10,15-18,20H2,1-4H3,(H2,30,31,34). The van der Waals surface area contributed by atoms with Crippen LogP contribution < -0.4 is 10.0 Å². The van der Waals surface area contributed by atoms with Crippen LogP contribution in [0.1, 0.15) is 69.7 Å². The van der Waals surface area contributed by atoms with E-state index in [1.165, 1.54) is 30.6 Å². The lowest BCUT2D eigenvalue weighted by Gasteiger charge is -2.27. The number of nitrogens with one attached hydrogen (secondary N) is 2.